The average molecular weight is 412 g/mol. The number of hydrogen-bond acceptors (Lipinski definition) is 5. The van der Waals surface area contributed by atoms with Crippen LogP contribution in [0.3, 0.4) is 0 Å². The summed E-state index contributed by atoms with van der Waals surface area (Å²) in [5.41, 5.74) is 2.44. The van der Waals surface area contributed by atoms with E-state index in [9.17, 15) is 9.59 Å². The Kier molecular flexibility index (Phi) is 7.68. The lowest BCUT2D eigenvalue weighted by atomic mass is 10.0. The zero-order chi connectivity index (χ0) is 21.3. The van der Waals surface area contributed by atoms with Gasteiger partial charge >= 0.3 is 0 Å². The maximum absolute atomic E-state index is 12.4. The molecule has 1 aliphatic heterocycles. The molecular weight excluding hydrogens is 382 g/mol. The number of carbonyl (C=O) groups is 2. The van der Waals surface area contributed by atoms with Gasteiger partial charge in [0.15, 0.2) is 6.61 Å². The van der Waals surface area contributed by atoms with Crippen molar-refractivity contribution in [1.82, 2.24) is 4.90 Å². The normalized spacial score (nSPS) is 12.8. The van der Waals surface area contributed by atoms with Crippen molar-refractivity contribution in [2.45, 2.75) is 26.7 Å². The number of carbonyl (C=O) groups excluding carboxylic acids is 2. The first-order chi connectivity index (χ1) is 14.6. The highest BCUT2D eigenvalue weighted by atomic mass is 16.5. The molecule has 160 valence electrons. The minimum atomic E-state index is -0.263. The zero-order valence-electron chi connectivity index (χ0n) is 17.6. The molecule has 0 bridgehead atoms. The fourth-order valence-electron chi connectivity index (χ4n) is 3.31. The molecular formula is C23H29N3O4. The molecule has 0 saturated carbocycles. The van der Waals surface area contributed by atoms with Gasteiger partial charge in [0.2, 0.25) is 5.91 Å². The van der Waals surface area contributed by atoms with Crippen molar-refractivity contribution in [1.29, 1.82) is 0 Å². The van der Waals surface area contributed by atoms with Gasteiger partial charge in [0.25, 0.3) is 5.91 Å². The van der Waals surface area contributed by atoms with Crippen LogP contribution >= 0.6 is 0 Å². The first kappa shape index (κ1) is 21.6. The lowest BCUT2D eigenvalue weighted by molar-refractivity contribution is -0.118. The Morgan fingerprint density at radius 1 is 1.10 bits per heavy atom. The van der Waals surface area contributed by atoms with E-state index >= 15 is 0 Å². The number of ether oxygens (including phenoxy) is 2. The van der Waals surface area contributed by atoms with Crippen LogP contribution in [0.25, 0.3) is 0 Å². The molecule has 2 aromatic carbocycles. The van der Waals surface area contributed by atoms with Gasteiger partial charge in [-0.15, -0.1) is 0 Å². The van der Waals surface area contributed by atoms with Gasteiger partial charge in [0, 0.05) is 18.7 Å². The molecule has 0 saturated heterocycles. The van der Waals surface area contributed by atoms with Gasteiger partial charge in [0.05, 0.1) is 5.69 Å². The molecule has 0 atom stereocenters. The van der Waals surface area contributed by atoms with Crippen molar-refractivity contribution in [2.24, 2.45) is 0 Å². The zero-order valence-corrected chi connectivity index (χ0v) is 17.6. The summed E-state index contributed by atoms with van der Waals surface area (Å²) >= 11 is 0. The second-order valence-corrected chi connectivity index (χ2v) is 7.08. The number of nitrogens with zero attached hydrogens (tertiary/aromatic N) is 1. The molecule has 0 spiro atoms. The smallest absolute Gasteiger partial charge is 0.262 e. The predicted molar refractivity (Wildman–Crippen MR) is 117 cm³/mol. The summed E-state index contributed by atoms with van der Waals surface area (Å²) in [5.74, 6) is 1.00. The number of fused-ring (bicyclic) bond motifs is 1. The van der Waals surface area contributed by atoms with Crippen LogP contribution in [0.1, 0.15) is 25.8 Å². The van der Waals surface area contributed by atoms with Crippen LogP contribution in [0.4, 0.5) is 11.4 Å². The SMILES string of the molecule is CCN(CC)CCOc1ccccc1NC(=O)COc1ccc2c(c1)CCC(=O)N2. The summed E-state index contributed by atoms with van der Waals surface area (Å²) in [7, 11) is 0. The van der Waals surface area contributed by atoms with E-state index in [1.54, 1.807) is 12.1 Å². The predicted octanol–water partition coefficient (Wildman–Crippen LogP) is 3.31. The Morgan fingerprint density at radius 3 is 2.70 bits per heavy atom. The molecule has 2 aromatic rings. The van der Waals surface area contributed by atoms with Crippen molar-refractivity contribution in [3.05, 3.63) is 48.0 Å². The Labute approximate surface area is 177 Å². The highest BCUT2D eigenvalue weighted by molar-refractivity contribution is 5.94. The number of likely N-dealkylation sites (N-methyl/N-ethyl adjacent to an activating group) is 1. The number of aryl methyl sites for hydroxylation is 1. The number of anilines is 2. The third-order valence-electron chi connectivity index (χ3n) is 5.06. The minimum absolute atomic E-state index is 0.0218. The van der Waals surface area contributed by atoms with E-state index in [1.165, 1.54) is 0 Å². The molecule has 1 heterocycles. The molecule has 1 aliphatic rings. The summed E-state index contributed by atoms with van der Waals surface area (Å²) in [5, 5.41) is 5.69. The number of benzene rings is 2. The number of hydrogen-bond donors (Lipinski definition) is 2. The highest BCUT2D eigenvalue weighted by Gasteiger charge is 2.15. The summed E-state index contributed by atoms with van der Waals surface area (Å²) in [4.78, 5) is 26.1. The second-order valence-electron chi connectivity index (χ2n) is 7.08. The Bertz CT molecular complexity index is 881. The molecule has 3 rings (SSSR count). The van der Waals surface area contributed by atoms with Crippen molar-refractivity contribution in [3.8, 4) is 11.5 Å². The third kappa shape index (κ3) is 5.97. The fourth-order valence-corrected chi connectivity index (χ4v) is 3.31. The lowest BCUT2D eigenvalue weighted by Crippen LogP contribution is -2.28. The van der Waals surface area contributed by atoms with Gasteiger partial charge in [0.1, 0.15) is 18.1 Å². The van der Waals surface area contributed by atoms with Gasteiger partial charge in [-0.1, -0.05) is 26.0 Å². The van der Waals surface area contributed by atoms with Gasteiger partial charge in [-0.05, 0) is 55.4 Å². The van der Waals surface area contributed by atoms with Crippen molar-refractivity contribution >= 4 is 23.2 Å². The monoisotopic (exact) mass is 411 g/mol. The summed E-state index contributed by atoms with van der Waals surface area (Å²) in [6.45, 7) is 7.47. The number of nitrogens with one attached hydrogen (secondary N) is 2. The maximum Gasteiger partial charge on any atom is 0.262 e. The molecule has 0 fully saturated rings. The third-order valence-corrected chi connectivity index (χ3v) is 5.06. The molecule has 0 aromatic heterocycles. The first-order valence-electron chi connectivity index (χ1n) is 10.4. The van der Waals surface area contributed by atoms with E-state index in [0.29, 0.717) is 36.6 Å². The Balaban J connectivity index is 1.52. The lowest BCUT2D eigenvalue weighted by Gasteiger charge is -2.19. The number of amides is 2. The van der Waals surface area contributed by atoms with Gasteiger partial charge in [-0.2, -0.15) is 0 Å². The summed E-state index contributed by atoms with van der Waals surface area (Å²) in [6.07, 6.45) is 1.13. The minimum Gasteiger partial charge on any atom is -0.490 e. The second kappa shape index (κ2) is 10.6. The molecule has 0 unspecified atom stereocenters. The molecule has 2 N–H and O–H groups in total. The first-order valence-corrected chi connectivity index (χ1v) is 10.4. The largest absolute Gasteiger partial charge is 0.490 e. The van der Waals surface area contributed by atoms with Crippen molar-refractivity contribution in [2.75, 3.05) is 43.5 Å². The molecule has 30 heavy (non-hydrogen) atoms. The van der Waals surface area contributed by atoms with Crippen LogP contribution < -0.4 is 20.1 Å². The Morgan fingerprint density at radius 2 is 1.90 bits per heavy atom. The maximum atomic E-state index is 12.4. The van der Waals surface area contributed by atoms with Crippen molar-refractivity contribution < 1.29 is 19.1 Å². The van der Waals surface area contributed by atoms with Crippen molar-refractivity contribution in [3.63, 3.8) is 0 Å². The topological polar surface area (TPSA) is 79.9 Å². The van der Waals surface area contributed by atoms with E-state index in [-0.39, 0.29) is 18.4 Å². The standard InChI is InChI=1S/C23H29N3O4/c1-3-26(4-2)13-14-29-21-8-6-5-7-20(21)25-23(28)16-30-18-10-11-19-17(15-18)9-12-22(27)24-19/h5-8,10-11,15H,3-4,9,12-14,16H2,1-2H3,(H,24,27)(H,25,28). The molecule has 0 radical (unpaired) electrons. The molecule has 2 amide bonds. The van der Waals surface area contributed by atoms with E-state index in [0.717, 1.165) is 30.9 Å². The average Bonchev–Trinajstić information content (AvgIpc) is 2.76. The summed E-state index contributed by atoms with van der Waals surface area (Å²) < 4.78 is 11.5. The molecule has 7 nitrogen and oxygen atoms in total. The van der Waals surface area contributed by atoms with E-state index in [2.05, 4.69) is 29.4 Å². The highest BCUT2D eigenvalue weighted by Crippen LogP contribution is 2.27. The van der Waals surface area contributed by atoms with Crippen LogP contribution in [-0.4, -0.2) is 49.6 Å². The molecule has 0 aliphatic carbocycles. The van der Waals surface area contributed by atoms with Crippen LogP contribution in [0.5, 0.6) is 11.5 Å². The number of para-hydroxylation sites is 2. The van der Waals surface area contributed by atoms with E-state index in [1.807, 2.05) is 30.3 Å². The van der Waals surface area contributed by atoms with E-state index < -0.39 is 0 Å². The van der Waals surface area contributed by atoms with Crippen LogP contribution in [0, 0.1) is 0 Å². The summed E-state index contributed by atoms with van der Waals surface area (Å²) in [6, 6.07) is 12.8. The number of rotatable bonds is 10. The van der Waals surface area contributed by atoms with Crippen LogP contribution in [-0.2, 0) is 16.0 Å². The van der Waals surface area contributed by atoms with Crippen LogP contribution in [0.2, 0.25) is 0 Å². The fraction of sp³-hybridized carbons (Fsp3) is 0.391. The molecule has 7 heteroatoms. The van der Waals surface area contributed by atoms with E-state index in [4.69, 9.17) is 9.47 Å². The van der Waals surface area contributed by atoms with Gasteiger partial charge in [-0.25, -0.2) is 0 Å². The van der Waals surface area contributed by atoms with Crippen LogP contribution in [0.15, 0.2) is 42.5 Å². The van der Waals surface area contributed by atoms with Gasteiger partial charge < -0.3 is 25.0 Å². The Hall–Kier alpha value is -3.06. The van der Waals surface area contributed by atoms with Gasteiger partial charge in [-0.3, -0.25) is 9.59 Å². The quantitative estimate of drug-likeness (QED) is 0.627.